The molecular formula is C26H24Cl2N2O3. The molecule has 0 saturated carbocycles. The van der Waals surface area contributed by atoms with Gasteiger partial charge in [0.15, 0.2) is 0 Å². The van der Waals surface area contributed by atoms with Gasteiger partial charge < -0.3 is 9.47 Å². The summed E-state index contributed by atoms with van der Waals surface area (Å²) in [5.74, 6) is 1.35. The van der Waals surface area contributed by atoms with E-state index in [1.165, 1.54) is 0 Å². The molecule has 1 heterocycles. The molecular weight excluding hydrogens is 459 g/mol. The van der Waals surface area contributed by atoms with Crippen LogP contribution in [0, 0.1) is 13.8 Å². The molecule has 0 fully saturated rings. The first-order valence-electron chi connectivity index (χ1n) is 10.7. The van der Waals surface area contributed by atoms with Crippen LogP contribution in [0.3, 0.4) is 0 Å². The first-order valence-corrected chi connectivity index (χ1v) is 11.4. The largest absolute Gasteiger partial charge is 0.491 e. The van der Waals surface area contributed by atoms with Gasteiger partial charge in [-0.05, 0) is 73.5 Å². The zero-order chi connectivity index (χ0) is 23.4. The van der Waals surface area contributed by atoms with E-state index >= 15 is 0 Å². The smallest absolute Gasteiger partial charge is 0.261 e. The molecule has 4 rings (SSSR count). The highest BCUT2D eigenvalue weighted by Crippen LogP contribution is 2.26. The predicted octanol–water partition coefficient (Wildman–Crippen LogP) is 6.08. The molecule has 0 N–H and O–H groups in total. The summed E-state index contributed by atoms with van der Waals surface area (Å²) in [6.45, 7) is 5.41. The molecule has 4 aromatic rings. The quantitative estimate of drug-likeness (QED) is 0.285. The Labute approximate surface area is 202 Å². The van der Waals surface area contributed by atoms with Crippen LogP contribution in [-0.2, 0) is 11.3 Å². The Morgan fingerprint density at radius 2 is 1.61 bits per heavy atom. The third-order valence-electron chi connectivity index (χ3n) is 5.33. The summed E-state index contributed by atoms with van der Waals surface area (Å²) < 4.78 is 13.2. The first kappa shape index (κ1) is 23.3. The van der Waals surface area contributed by atoms with Gasteiger partial charge >= 0.3 is 0 Å². The monoisotopic (exact) mass is 482 g/mol. The Bertz CT molecular complexity index is 1310. The lowest BCUT2D eigenvalue weighted by molar-refractivity contribution is 0.0940. The van der Waals surface area contributed by atoms with Gasteiger partial charge in [-0.25, -0.2) is 4.98 Å². The highest BCUT2D eigenvalue weighted by atomic mass is 35.5. The van der Waals surface area contributed by atoms with E-state index in [0.717, 1.165) is 27.5 Å². The fourth-order valence-corrected chi connectivity index (χ4v) is 3.90. The maximum atomic E-state index is 13.2. The van der Waals surface area contributed by atoms with Gasteiger partial charge in [0.05, 0.1) is 30.7 Å². The number of benzene rings is 3. The van der Waals surface area contributed by atoms with Crippen molar-refractivity contribution in [3.63, 3.8) is 0 Å². The molecule has 0 unspecified atom stereocenters. The molecule has 170 valence electrons. The van der Waals surface area contributed by atoms with Gasteiger partial charge in [0, 0.05) is 15.6 Å². The van der Waals surface area contributed by atoms with E-state index in [4.69, 9.17) is 37.7 Å². The number of rotatable bonds is 8. The number of halogens is 2. The molecule has 0 atom stereocenters. The number of aryl methyl sites for hydroxylation is 2. The van der Waals surface area contributed by atoms with E-state index < -0.39 is 0 Å². The number of ether oxygens (including phenoxy) is 2. The standard InChI is InChI=1S/C26H24Cl2N2O3/c1-17-15-21(16-18(2)24(17)28)33-14-13-32-12-11-30-25(19-7-9-20(27)10-8-19)29-23-6-4-3-5-22(23)26(30)31/h3-10,15-16H,11-14H2,1-2H3. The molecule has 0 bridgehead atoms. The number of fused-ring (bicyclic) bond motifs is 1. The maximum absolute atomic E-state index is 13.2. The van der Waals surface area contributed by atoms with Crippen molar-refractivity contribution >= 4 is 34.1 Å². The Morgan fingerprint density at radius 3 is 2.33 bits per heavy atom. The number of hydrogen-bond acceptors (Lipinski definition) is 4. The number of aromatic nitrogens is 2. The van der Waals surface area contributed by atoms with Gasteiger partial charge in [-0.3, -0.25) is 9.36 Å². The number of nitrogens with zero attached hydrogens (tertiary/aromatic N) is 2. The minimum absolute atomic E-state index is 0.0995. The van der Waals surface area contributed by atoms with Gasteiger partial charge in [-0.2, -0.15) is 0 Å². The second-order valence-electron chi connectivity index (χ2n) is 7.75. The summed E-state index contributed by atoms with van der Waals surface area (Å²) in [5.41, 5.74) is 3.33. The van der Waals surface area contributed by atoms with Crippen LogP contribution in [0.1, 0.15) is 11.1 Å². The van der Waals surface area contributed by atoms with Crippen LogP contribution >= 0.6 is 23.2 Å². The molecule has 5 nitrogen and oxygen atoms in total. The van der Waals surface area contributed by atoms with Crippen LogP contribution < -0.4 is 10.3 Å². The van der Waals surface area contributed by atoms with Crippen molar-refractivity contribution in [2.45, 2.75) is 20.4 Å². The first-order chi connectivity index (χ1) is 15.9. The molecule has 0 spiro atoms. The van der Waals surface area contributed by atoms with Crippen LogP contribution in [0.15, 0.2) is 65.5 Å². The molecule has 3 aromatic carbocycles. The highest BCUT2D eigenvalue weighted by Gasteiger charge is 2.13. The number of para-hydroxylation sites is 1. The summed E-state index contributed by atoms with van der Waals surface area (Å²) in [4.78, 5) is 17.9. The molecule has 0 radical (unpaired) electrons. The molecule has 0 aliphatic heterocycles. The van der Waals surface area contributed by atoms with E-state index in [0.29, 0.717) is 48.1 Å². The normalized spacial score (nSPS) is 11.2. The van der Waals surface area contributed by atoms with Gasteiger partial charge in [-0.1, -0.05) is 35.3 Å². The van der Waals surface area contributed by atoms with E-state index in [2.05, 4.69) is 0 Å². The summed E-state index contributed by atoms with van der Waals surface area (Å²) >= 11 is 12.2. The maximum Gasteiger partial charge on any atom is 0.261 e. The summed E-state index contributed by atoms with van der Waals surface area (Å²) in [6, 6.07) is 18.5. The average Bonchev–Trinajstić information content (AvgIpc) is 2.81. The third kappa shape index (κ3) is 5.38. The van der Waals surface area contributed by atoms with Crippen molar-refractivity contribution in [2.24, 2.45) is 0 Å². The van der Waals surface area contributed by atoms with Gasteiger partial charge in [0.25, 0.3) is 5.56 Å². The molecule has 0 aliphatic rings. The van der Waals surface area contributed by atoms with E-state index in [1.807, 2.05) is 56.3 Å². The Morgan fingerprint density at radius 1 is 0.909 bits per heavy atom. The van der Waals surface area contributed by atoms with E-state index in [9.17, 15) is 4.79 Å². The van der Waals surface area contributed by atoms with Crippen LogP contribution in [0.5, 0.6) is 5.75 Å². The van der Waals surface area contributed by atoms with Crippen molar-refractivity contribution in [1.82, 2.24) is 9.55 Å². The lowest BCUT2D eigenvalue weighted by Crippen LogP contribution is -2.26. The van der Waals surface area contributed by atoms with Gasteiger partial charge in [-0.15, -0.1) is 0 Å². The zero-order valence-corrected chi connectivity index (χ0v) is 20.0. The van der Waals surface area contributed by atoms with Crippen molar-refractivity contribution in [2.75, 3.05) is 19.8 Å². The minimum Gasteiger partial charge on any atom is -0.491 e. The van der Waals surface area contributed by atoms with Crippen molar-refractivity contribution in [3.05, 3.63) is 92.2 Å². The van der Waals surface area contributed by atoms with E-state index in [1.54, 1.807) is 22.8 Å². The Hall–Kier alpha value is -2.86. The van der Waals surface area contributed by atoms with Crippen molar-refractivity contribution < 1.29 is 9.47 Å². The second kappa shape index (κ2) is 10.4. The summed E-state index contributed by atoms with van der Waals surface area (Å²) in [5, 5.41) is 1.96. The van der Waals surface area contributed by atoms with Crippen LogP contribution in [-0.4, -0.2) is 29.4 Å². The fraction of sp³-hybridized carbons (Fsp3) is 0.231. The van der Waals surface area contributed by atoms with Crippen molar-refractivity contribution in [1.29, 1.82) is 0 Å². The van der Waals surface area contributed by atoms with Gasteiger partial charge in [0.1, 0.15) is 18.2 Å². The van der Waals surface area contributed by atoms with Gasteiger partial charge in [0.2, 0.25) is 0 Å². The highest BCUT2D eigenvalue weighted by molar-refractivity contribution is 6.32. The summed E-state index contributed by atoms with van der Waals surface area (Å²) in [7, 11) is 0. The van der Waals surface area contributed by atoms with Crippen LogP contribution in [0.25, 0.3) is 22.3 Å². The Balaban J connectivity index is 1.44. The molecule has 0 aliphatic carbocycles. The minimum atomic E-state index is -0.0995. The second-order valence-corrected chi connectivity index (χ2v) is 8.56. The topological polar surface area (TPSA) is 53.4 Å². The Kier molecular flexibility index (Phi) is 7.33. The van der Waals surface area contributed by atoms with Crippen molar-refractivity contribution in [3.8, 4) is 17.1 Å². The van der Waals surface area contributed by atoms with Crippen LogP contribution in [0.2, 0.25) is 10.0 Å². The molecule has 33 heavy (non-hydrogen) atoms. The average molecular weight is 483 g/mol. The van der Waals surface area contributed by atoms with Crippen LogP contribution in [0.4, 0.5) is 0 Å². The molecule has 0 saturated heterocycles. The molecule has 7 heteroatoms. The third-order valence-corrected chi connectivity index (χ3v) is 6.18. The number of hydrogen-bond donors (Lipinski definition) is 0. The summed E-state index contributed by atoms with van der Waals surface area (Å²) in [6.07, 6.45) is 0. The fourth-order valence-electron chi connectivity index (χ4n) is 3.66. The predicted molar refractivity (Wildman–Crippen MR) is 134 cm³/mol. The van der Waals surface area contributed by atoms with E-state index in [-0.39, 0.29) is 5.56 Å². The lowest BCUT2D eigenvalue weighted by Gasteiger charge is -2.14. The zero-order valence-electron chi connectivity index (χ0n) is 18.5. The molecule has 0 amide bonds. The SMILES string of the molecule is Cc1cc(OCCOCCn2c(-c3ccc(Cl)cc3)nc3ccccc3c2=O)cc(C)c1Cl. The lowest BCUT2D eigenvalue weighted by atomic mass is 10.1. The molecule has 1 aromatic heterocycles.